The molecule has 2 fully saturated rings. The first-order valence-electron chi connectivity index (χ1n) is 8.01. The van der Waals surface area contributed by atoms with Crippen LogP contribution < -0.4 is 5.32 Å². The van der Waals surface area contributed by atoms with Crippen molar-refractivity contribution in [2.24, 2.45) is 0 Å². The molecule has 2 rings (SSSR count). The average Bonchev–Trinajstić information content (AvgIpc) is 2.58. The smallest absolute Gasteiger partial charge is 0.223 e. The molecule has 2 heterocycles. The molecule has 2 aliphatic rings. The third-order valence-electron chi connectivity index (χ3n) is 4.51. The number of piperidine rings is 1. The highest BCUT2D eigenvalue weighted by Crippen LogP contribution is 2.37. The molecule has 20 heavy (non-hydrogen) atoms. The lowest BCUT2D eigenvalue weighted by Gasteiger charge is -2.29. The number of likely N-dealkylation sites (tertiary alicyclic amines) is 1. The summed E-state index contributed by atoms with van der Waals surface area (Å²) in [6, 6.07) is 0.326. The van der Waals surface area contributed by atoms with Crippen LogP contribution in [0.25, 0.3) is 0 Å². The van der Waals surface area contributed by atoms with E-state index in [1.54, 1.807) is 0 Å². The summed E-state index contributed by atoms with van der Waals surface area (Å²) in [5.41, 5.74) is -0.226. The Balaban J connectivity index is 1.74. The van der Waals surface area contributed by atoms with Gasteiger partial charge in [0.05, 0.1) is 11.2 Å². The van der Waals surface area contributed by atoms with Gasteiger partial charge in [0.25, 0.3) is 0 Å². The highest BCUT2D eigenvalue weighted by atomic mass is 16.5. The summed E-state index contributed by atoms with van der Waals surface area (Å²) in [4.78, 5) is 14.1. The van der Waals surface area contributed by atoms with Gasteiger partial charge in [0, 0.05) is 32.1 Å². The zero-order chi connectivity index (χ0) is 14.8. The Kier molecular flexibility index (Phi) is 4.75. The van der Waals surface area contributed by atoms with E-state index in [4.69, 9.17) is 4.74 Å². The van der Waals surface area contributed by atoms with Gasteiger partial charge in [-0.15, -0.1) is 0 Å². The van der Waals surface area contributed by atoms with E-state index in [1.165, 1.54) is 6.42 Å². The van der Waals surface area contributed by atoms with Crippen LogP contribution in [0.4, 0.5) is 0 Å². The van der Waals surface area contributed by atoms with Gasteiger partial charge in [-0.2, -0.15) is 0 Å². The Hall–Kier alpha value is -0.610. The highest BCUT2D eigenvalue weighted by molar-refractivity contribution is 5.76. The molecular formula is C16H30N2O2. The molecule has 1 N–H and O–H groups in total. The number of hydrogen-bond acceptors (Lipinski definition) is 3. The first-order chi connectivity index (χ1) is 9.30. The van der Waals surface area contributed by atoms with Crippen molar-refractivity contribution in [2.45, 2.75) is 77.0 Å². The predicted octanol–water partition coefficient (Wildman–Crippen LogP) is 2.32. The van der Waals surface area contributed by atoms with E-state index in [0.29, 0.717) is 18.4 Å². The van der Waals surface area contributed by atoms with E-state index in [1.807, 2.05) is 4.90 Å². The number of hydrogen-bond donors (Lipinski definition) is 1. The number of rotatable bonds is 4. The van der Waals surface area contributed by atoms with Gasteiger partial charge >= 0.3 is 0 Å². The highest BCUT2D eigenvalue weighted by Gasteiger charge is 2.45. The molecule has 0 aliphatic carbocycles. The summed E-state index contributed by atoms with van der Waals surface area (Å²) in [6.07, 6.45) is 5.20. The molecule has 4 heteroatoms. The Morgan fingerprint density at radius 2 is 1.85 bits per heavy atom. The molecule has 116 valence electrons. The molecule has 1 amide bonds. The summed E-state index contributed by atoms with van der Waals surface area (Å²) in [6.45, 7) is 11.2. The van der Waals surface area contributed by atoms with E-state index in [-0.39, 0.29) is 11.2 Å². The monoisotopic (exact) mass is 282 g/mol. The molecule has 0 aromatic carbocycles. The number of nitrogens with one attached hydrogen (secondary N) is 1. The normalized spacial score (nSPS) is 28.6. The van der Waals surface area contributed by atoms with Crippen LogP contribution in [0.3, 0.4) is 0 Å². The largest absolute Gasteiger partial charge is 0.368 e. The van der Waals surface area contributed by atoms with E-state index in [0.717, 1.165) is 38.9 Å². The fourth-order valence-corrected chi connectivity index (χ4v) is 3.53. The van der Waals surface area contributed by atoms with Crippen molar-refractivity contribution in [3.8, 4) is 0 Å². The third kappa shape index (κ3) is 3.95. The van der Waals surface area contributed by atoms with E-state index in [2.05, 4.69) is 33.0 Å². The standard InChI is InChI=1S/C16H30N2O2/c1-15(2)12-13(16(3,4)20-15)17-9-8-14(19)18-10-6-5-7-11-18/h13,17H,5-12H2,1-4H3. The predicted molar refractivity (Wildman–Crippen MR) is 80.7 cm³/mol. The van der Waals surface area contributed by atoms with Crippen LogP contribution in [0.5, 0.6) is 0 Å². The number of nitrogens with zero attached hydrogens (tertiary/aromatic N) is 1. The molecule has 0 aromatic heterocycles. The number of carbonyl (C=O) groups excluding carboxylic acids is 1. The summed E-state index contributed by atoms with van der Waals surface area (Å²) in [5, 5.41) is 3.52. The molecular weight excluding hydrogens is 252 g/mol. The lowest BCUT2D eigenvalue weighted by atomic mass is 9.94. The van der Waals surface area contributed by atoms with E-state index in [9.17, 15) is 4.79 Å². The number of amides is 1. The second-order valence-electron chi connectivity index (χ2n) is 7.37. The fraction of sp³-hybridized carbons (Fsp3) is 0.938. The molecule has 0 bridgehead atoms. The summed E-state index contributed by atoms with van der Waals surface area (Å²) in [5.74, 6) is 0.299. The second-order valence-corrected chi connectivity index (χ2v) is 7.37. The van der Waals surface area contributed by atoms with Gasteiger partial charge < -0.3 is 15.0 Å². The van der Waals surface area contributed by atoms with Crippen molar-refractivity contribution in [3.05, 3.63) is 0 Å². The van der Waals surface area contributed by atoms with Crippen LogP contribution in [0.1, 0.15) is 59.8 Å². The topological polar surface area (TPSA) is 41.6 Å². The van der Waals surface area contributed by atoms with Crippen molar-refractivity contribution < 1.29 is 9.53 Å². The van der Waals surface area contributed by atoms with Gasteiger partial charge in [0.2, 0.25) is 5.91 Å². The Morgan fingerprint density at radius 1 is 1.20 bits per heavy atom. The van der Waals surface area contributed by atoms with Crippen LogP contribution in [-0.4, -0.2) is 47.7 Å². The molecule has 2 saturated heterocycles. The van der Waals surface area contributed by atoms with Crippen LogP contribution in [-0.2, 0) is 9.53 Å². The zero-order valence-electron chi connectivity index (χ0n) is 13.5. The summed E-state index contributed by atoms with van der Waals surface area (Å²) >= 11 is 0. The molecule has 0 radical (unpaired) electrons. The molecule has 0 aromatic rings. The van der Waals surface area contributed by atoms with Gasteiger partial charge in [-0.1, -0.05) is 0 Å². The first-order valence-corrected chi connectivity index (χ1v) is 8.01. The van der Waals surface area contributed by atoms with Crippen LogP contribution in [0.15, 0.2) is 0 Å². The Bertz CT molecular complexity index is 346. The number of carbonyl (C=O) groups is 1. The summed E-state index contributed by atoms with van der Waals surface area (Å²) in [7, 11) is 0. The van der Waals surface area contributed by atoms with Crippen LogP contribution in [0, 0.1) is 0 Å². The minimum absolute atomic E-state index is 0.0714. The molecule has 1 atom stereocenters. The van der Waals surface area contributed by atoms with E-state index < -0.39 is 0 Å². The molecule has 0 saturated carbocycles. The van der Waals surface area contributed by atoms with Crippen molar-refractivity contribution in [3.63, 3.8) is 0 Å². The number of ether oxygens (including phenoxy) is 1. The minimum atomic E-state index is -0.155. The van der Waals surface area contributed by atoms with Gasteiger partial charge in [-0.05, 0) is 53.4 Å². The lowest BCUT2D eigenvalue weighted by Crippen LogP contribution is -2.45. The lowest BCUT2D eigenvalue weighted by molar-refractivity contribution is -0.132. The minimum Gasteiger partial charge on any atom is -0.368 e. The fourth-order valence-electron chi connectivity index (χ4n) is 3.53. The molecule has 1 unspecified atom stereocenters. The van der Waals surface area contributed by atoms with Crippen molar-refractivity contribution >= 4 is 5.91 Å². The molecule has 4 nitrogen and oxygen atoms in total. The van der Waals surface area contributed by atoms with E-state index >= 15 is 0 Å². The summed E-state index contributed by atoms with van der Waals surface area (Å²) < 4.78 is 6.06. The third-order valence-corrected chi connectivity index (χ3v) is 4.51. The van der Waals surface area contributed by atoms with Gasteiger partial charge in [-0.25, -0.2) is 0 Å². The Morgan fingerprint density at radius 3 is 2.40 bits per heavy atom. The quantitative estimate of drug-likeness (QED) is 0.860. The van der Waals surface area contributed by atoms with Gasteiger partial charge in [0.15, 0.2) is 0 Å². The second kappa shape index (κ2) is 6.02. The molecule has 0 spiro atoms. The zero-order valence-corrected chi connectivity index (χ0v) is 13.5. The van der Waals surface area contributed by atoms with Gasteiger partial charge in [0.1, 0.15) is 0 Å². The van der Waals surface area contributed by atoms with Crippen molar-refractivity contribution in [1.29, 1.82) is 0 Å². The van der Waals surface area contributed by atoms with Crippen molar-refractivity contribution in [1.82, 2.24) is 10.2 Å². The Labute approximate surface area is 123 Å². The average molecular weight is 282 g/mol. The maximum Gasteiger partial charge on any atom is 0.223 e. The maximum atomic E-state index is 12.1. The molecule has 2 aliphatic heterocycles. The SMILES string of the molecule is CC1(C)CC(NCCC(=O)N2CCCCC2)C(C)(C)O1. The first kappa shape index (κ1) is 15.8. The van der Waals surface area contributed by atoms with Crippen LogP contribution >= 0.6 is 0 Å². The van der Waals surface area contributed by atoms with Crippen LogP contribution in [0.2, 0.25) is 0 Å². The van der Waals surface area contributed by atoms with Gasteiger partial charge in [-0.3, -0.25) is 4.79 Å². The van der Waals surface area contributed by atoms with Crippen molar-refractivity contribution in [2.75, 3.05) is 19.6 Å². The maximum absolute atomic E-state index is 12.1.